The zero-order valence-corrected chi connectivity index (χ0v) is 13.3. The standard InChI is InChI=1S/C17H19BrN2/c1-12-10-17(15(18)11-16(12)19)20-8-6-13-4-2-3-5-14(13)7-9-20/h2-5,10-11H,6-9,19H2,1H3. The second kappa shape index (κ2) is 5.49. The van der Waals surface area contributed by atoms with Gasteiger partial charge in [0.1, 0.15) is 0 Å². The second-order valence-corrected chi connectivity index (χ2v) is 6.27. The molecule has 2 aromatic rings. The van der Waals surface area contributed by atoms with E-state index >= 15 is 0 Å². The first-order chi connectivity index (χ1) is 9.65. The van der Waals surface area contributed by atoms with Crippen molar-refractivity contribution in [3.63, 3.8) is 0 Å². The van der Waals surface area contributed by atoms with Gasteiger partial charge >= 0.3 is 0 Å². The first-order valence-electron chi connectivity index (χ1n) is 7.02. The number of rotatable bonds is 1. The van der Waals surface area contributed by atoms with E-state index in [0.717, 1.165) is 41.7 Å². The highest BCUT2D eigenvalue weighted by molar-refractivity contribution is 9.10. The molecule has 20 heavy (non-hydrogen) atoms. The Morgan fingerprint density at radius 1 is 1.05 bits per heavy atom. The number of benzene rings is 2. The molecule has 0 unspecified atom stereocenters. The minimum Gasteiger partial charge on any atom is -0.398 e. The lowest BCUT2D eigenvalue weighted by molar-refractivity contribution is 0.803. The molecular formula is C17H19BrN2. The summed E-state index contributed by atoms with van der Waals surface area (Å²) in [6, 6.07) is 13.0. The second-order valence-electron chi connectivity index (χ2n) is 5.42. The quantitative estimate of drug-likeness (QED) is 0.802. The molecule has 1 heterocycles. The highest BCUT2D eigenvalue weighted by Crippen LogP contribution is 2.32. The number of nitrogen functional groups attached to an aromatic ring is 1. The van der Waals surface area contributed by atoms with Crippen molar-refractivity contribution in [1.29, 1.82) is 0 Å². The molecule has 2 N–H and O–H groups in total. The molecule has 1 aliphatic heterocycles. The van der Waals surface area contributed by atoms with Crippen molar-refractivity contribution in [3.05, 3.63) is 57.6 Å². The molecule has 0 saturated carbocycles. The number of nitrogens with zero attached hydrogens (tertiary/aromatic N) is 1. The predicted molar refractivity (Wildman–Crippen MR) is 89.4 cm³/mol. The van der Waals surface area contributed by atoms with Gasteiger partial charge in [-0.25, -0.2) is 0 Å². The first kappa shape index (κ1) is 13.5. The molecule has 0 aliphatic carbocycles. The average molecular weight is 331 g/mol. The van der Waals surface area contributed by atoms with Crippen molar-refractivity contribution in [3.8, 4) is 0 Å². The molecule has 1 aliphatic rings. The highest BCUT2D eigenvalue weighted by Gasteiger charge is 2.16. The van der Waals surface area contributed by atoms with Gasteiger partial charge in [0.2, 0.25) is 0 Å². The predicted octanol–water partition coefficient (Wildman–Crippen LogP) is 3.94. The summed E-state index contributed by atoms with van der Waals surface area (Å²) in [6.45, 7) is 4.18. The van der Waals surface area contributed by atoms with E-state index in [1.165, 1.54) is 16.8 Å². The van der Waals surface area contributed by atoms with Gasteiger partial charge in [-0.05, 0) is 64.5 Å². The third kappa shape index (κ3) is 2.55. The van der Waals surface area contributed by atoms with Crippen molar-refractivity contribution >= 4 is 27.3 Å². The van der Waals surface area contributed by atoms with Crippen molar-refractivity contribution in [2.45, 2.75) is 19.8 Å². The number of halogens is 1. The summed E-state index contributed by atoms with van der Waals surface area (Å²) in [6.07, 6.45) is 2.21. The van der Waals surface area contributed by atoms with E-state index in [2.05, 4.69) is 58.1 Å². The average Bonchev–Trinajstić information content (AvgIpc) is 2.65. The van der Waals surface area contributed by atoms with E-state index in [4.69, 9.17) is 5.73 Å². The van der Waals surface area contributed by atoms with Gasteiger partial charge in [0.25, 0.3) is 0 Å². The molecule has 3 heteroatoms. The number of hydrogen-bond acceptors (Lipinski definition) is 2. The van der Waals surface area contributed by atoms with Crippen molar-refractivity contribution < 1.29 is 0 Å². The monoisotopic (exact) mass is 330 g/mol. The van der Waals surface area contributed by atoms with Gasteiger partial charge < -0.3 is 10.6 Å². The van der Waals surface area contributed by atoms with E-state index in [0.29, 0.717) is 0 Å². The molecular weight excluding hydrogens is 312 g/mol. The van der Waals surface area contributed by atoms with Gasteiger partial charge in [-0.3, -0.25) is 0 Å². The van der Waals surface area contributed by atoms with Crippen molar-refractivity contribution in [2.75, 3.05) is 23.7 Å². The molecule has 104 valence electrons. The molecule has 2 aromatic carbocycles. The summed E-state index contributed by atoms with van der Waals surface area (Å²) in [5.74, 6) is 0. The maximum absolute atomic E-state index is 5.97. The first-order valence-corrected chi connectivity index (χ1v) is 7.82. The fourth-order valence-electron chi connectivity index (χ4n) is 2.83. The fraction of sp³-hybridized carbons (Fsp3) is 0.294. The van der Waals surface area contributed by atoms with Gasteiger partial charge in [0, 0.05) is 23.2 Å². The Labute approximate surface area is 128 Å². The molecule has 0 fully saturated rings. The van der Waals surface area contributed by atoms with Gasteiger partial charge in [-0.2, -0.15) is 0 Å². The SMILES string of the molecule is Cc1cc(N2CCc3ccccc3CC2)c(Br)cc1N. The molecule has 3 rings (SSSR count). The Kier molecular flexibility index (Phi) is 3.70. The largest absolute Gasteiger partial charge is 0.398 e. The molecule has 0 bridgehead atoms. The highest BCUT2D eigenvalue weighted by atomic mass is 79.9. The number of fused-ring (bicyclic) bond motifs is 1. The van der Waals surface area contributed by atoms with Gasteiger partial charge in [-0.1, -0.05) is 24.3 Å². The van der Waals surface area contributed by atoms with E-state index in [-0.39, 0.29) is 0 Å². The Balaban J connectivity index is 1.89. The third-order valence-corrected chi connectivity index (χ3v) is 4.73. The molecule has 0 amide bonds. The van der Waals surface area contributed by atoms with Crippen LogP contribution in [0.25, 0.3) is 0 Å². The Morgan fingerprint density at radius 2 is 1.65 bits per heavy atom. The Bertz CT molecular complexity index is 610. The van der Waals surface area contributed by atoms with Crippen LogP contribution < -0.4 is 10.6 Å². The van der Waals surface area contributed by atoms with Crippen LogP contribution in [-0.4, -0.2) is 13.1 Å². The molecule has 0 radical (unpaired) electrons. The number of aryl methyl sites for hydroxylation is 1. The lowest BCUT2D eigenvalue weighted by Crippen LogP contribution is -2.26. The zero-order valence-electron chi connectivity index (χ0n) is 11.7. The molecule has 2 nitrogen and oxygen atoms in total. The molecule has 0 spiro atoms. The smallest absolute Gasteiger partial charge is 0.0515 e. The maximum Gasteiger partial charge on any atom is 0.0515 e. The van der Waals surface area contributed by atoms with Gasteiger partial charge in [-0.15, -0.1) is 0 Å². The van der Waals surface area contributed by atoms with E-state index in [1.807, 2.05) is 6.07 Å². The van der Waals surface area contributed by atoms with Crippen LogP contribution in [0.5, 0.6) is 0 Å². The summed E-state index contributed by atoms with van der Waals surface area (Å²) in [5, 5.41) is 0. The summed E-state index contributed by atoms with van der Waals surface area (Å²) in [7, 11) is 0. The lowest BCUT2D eigenvalue weighted by atomic mass is 10.0. The summed E-state index contributed by atoms with van der Waals surface area (Å²) in [5.41, 5.74) is 12.2. The van der Waals surface area contributed by atoms with E-state index < -0.39 is 0 Å². The molecule has 0 aromatic heterocycles. The minimum atomic E-state index is 0.846. The summed E-state index contributed by atoms with van der Waals surface area (Å²) < 4.78 is 1.09. The van der Waals surface area contributed by atoms with E-state index in [1.54, 1.807) is 0 Å². The summed E-state index contributed by atoms with van der Waals surface area (Å²) in [4.78, 5) is 2.45. The van der Waals surface area contributed by atoms with Crippen molar-refractivity contribution in [1.82, 2.24) is 0 Å². The van der Waals surface area contributed by atoms with Crippen LogP contribution >= 0.6 is 15.9 Å². The van der Waals surface area contributed by atoms with Gasteiger partial charge in [0.15, 0.2) is 0 Å². The third-order valence-electron chi connectivity index (χ3n) is 4.10. The lowest BCUT2D eigenvalue weighted by Gasteiger charge is -2.25. The van der Waals surface area contributed by atoms with Crippen LogP contribution in [0.2, 0.25) is 0 Å². The van der Waals surface area contributed by atoms with Crippen LogP contribution in [0.3, 0.4) is 0 Å². The topological polar surface area (TPSA) is 29.3 Å². The van der Waals surface area contributed by atoms with Crippen LogP contribution in [0.4, 0.5) is 11.4 Å². The van der Waals surface area contributed by atoms with Crippen LogP contribution in [-0.2, 0) is 12.8 Å². The minimum absolute atomic E-state index is 0.846. The number of anilines is 2. The number of hydrogen-bond donors (Lipinski definition) is 1. The van der Waals surface area contributed by atoms with Crippen LogP contribution in [0, 0.1) is 6.92 Å². The fourth-order valence-corrected chi connectivity index (χ4v) is 3.44. The van der Waals surface area contributed by atoms with Crippen molar-refractivity contribution in [2.24, 2.45) is 0 Å². The van der Waals surface area contributed by atoms with Crippen LogP contribution in [0.1, 0.15) is 16.7 Å². The Hall–Kier alpha value is -1.48. The Morgan fingerprint density at radius 3 is 2.25 bits per heavy atom. The normalized spacial score (nSPS) is 14.8. The zero-order chi connectivity index (χ0) is 14.1. The van der Waals surface area contributed by atoms with Gasteiger partial charge in [0.05, 0.1) is 5.69 Å². The van der Waals surface area contributed by atoms with Crippen LogP contribution in [0.15, 0.2) is 40.9 Å². The van der Waals surface area contributed by atoms with E-state index in [9.17, 15) is 0 Å². The molecule has 0 saturated heterocycles. The molecule has 0 atom stereocenters. The summed E-state index contributed by atoms with van der Waals surface area (Å²) >= 11 is 3.66. The number of nitrogens with two attached hydrogens (primary N) is 1. The maximum atomic E-state index is 5.97.